The van der Waals surface area contributed by atoms with Crippen LogP contribution in [0.2, 0.25) is 10.0 Å². The topological polar surface area (TPSA) is 71.8 Å². The Morgan fingerprint density at radius 1 is 1.27 bits per heavy atom. The fourth-order valence-electron chi connectivity index (χ4n) is 2.43. The SMILES string of the molecule is CC(NC(=O)NCc1ccc(-n2ccnc2)nc1)c1ccc(Cl)cc1Cl. The smallest absolute Gasteiger partial charge is 0.315 e. The summed E-state index contributed by atoms with van der Waals surface area (Å²) in [5.41, 5.74) is 1.69. The minimum Gasteiger partial charge on any atom is -0.334 e. The minimum atomic E-state index is -0.290. The number of nitrogens with zero attached hydrogens (tertiary/aromatic N) is 3. The molecule has 0 aliphatic rings. The molecule has 2 aromatic heterocycles. The first-order chi connectivity index (χ1) is 12.5. The molecule has 26 heavy (non-hydrogen) atoms. The van der Waals surface area contributed by atoms with Crippen LogP contribution < -0.4 is 10.6 Å². The lowest BCUT2D eigenvalue weighted by Crippen LogP contribution is -2.36. The van der Waals surface area contributed by atoms with Crippen LogP contribution >= 0.6 is 23.2 Å². The van der Waals surface area contributed by atoms with Gasteiger partial charge in [0.05, 0.1) is 6.04 Å². The summed E-state index contributed by atoms with van der Waals surface area (Å²) in [6.45, 7) is 2.22. The summed E-state index contributed by atoms with van der Waals surface area (Å²) in [7, 11) is 0. The van der Waals surface area contributed by atoms with Gasteiger partial charge in [0.25, 0.3) is 0 Å². The number of benzene rings is 1. The molecule has 2 N–H and O–H groups in total. The number of hydrogen-bond donors (Lipinski definition) is 2. The van der Waals surface area contributed by atoms with E-state index in [2.05, 4.69) is 20.6 Å². The second-order valence-electron chi connectivity index (χ2n) is 5.71. The number of urea groups is 1. The normalized spacial score (nSPS) is 11.8. The van der Waals surface area contributed by atoms with Crippen molar-refractivity contribution < 1.29 is 4.79 Å². The first-order valence-corrected chi connectivity index (χ1v) is 8.71. The number of carbonyl (C=O) groups is 1. The molecule has 0 aliphatic carbocycles. The fraction of sp³-hybridized carbons (Fsp3) is 0.167. The lowest BCUT2D eigenvalue weighted by Gasteiger charge is -2.16. The number of aromatic nitrogens is 3. The highest BCUT2D eigenvalue weighted by Gasteiger charge is 2.12. The lowest BCUT2D eigenvalue weighted by molar-refractivity contribution is 0.237. The quantitative estimate of drug-likeness (QED) is 0.688. The van der Waals surface area contributed by atoms with Gasteiger partial charge in [-0.1, -0.05) is 35.3 Å². The third kappa shape index (κ3) is 4.53. The Hall–Kier alpha value is -2.57. The molecule has 134 valence electrons. The van der Waals surface area contributed by atoms with E-state index in [1.54, 1.807) is 41.5 Å². The van der Waals surface area contributed by atoms with Crippen LogP contribution in [-0.2, 0) is 6.54 Å². The Balaban J connectivity index is 1.53. The van der Waals surface area contributed by atoms with E-state index in [4.69, 9.17) is 23.2 Å². The largest absolute Gasteiger partial charge is 0.334 e. The van der Waals surface area contributed by atoms with E-state index in [1.165, 1.54) is 0 Å². The van der Waals surface area contributed by atoms with Gasteiger partial charge in [-0.25, -0.2) is 14.8 Å². The van der Waals surface area contributed by atoms with Crippen LogP contribution in [0.5, 0.6) is 0 Å². The Morgan fingerprint density at radius 2 is 2.12 bits per heavy atom. The third-order valence-corrected chi connectivity index (χ3v) is 4.37. The van der Waals surface area contributed by atoms with E-state index in [-0.39, 0.29) is 12.1 Å². The lowest BCUT2D eigenvalue weighted by atomic mass is 10.1. The number of rotatable bonds is 5. The predicted molar refractivity (Wildman–Crippen MR) is 102 cm³/mol. The summed E-state index contributed by atoms with van der Waals surface area (Å²) < 4.78 is 1.81. The molecule has 0 spiro atoms. The average Bonchev–Trinajstić information content (AvgIpc) is 3.15. The van der Waals surface area contributed by atoms with Crippen LogP contribution in [0, 0.1) is 0 Å². The van der Waals surface area contributed by atoms with Crippen molar-refractivity contribution in [3.63, 3.8) is 0 Å². The van der Waals surface area contributed by atoms with Gasteiger partial charge in [0, 0.05) is 35.2 Å². The third-order valence-electron chi connectivity index (χ3n) is 3.81. The van der Waals surface area contributed by atoms with Gasteiger partial charge in [-0.2, -0.15) is 0 Å². The van der Waals surface area contributed by atoms with Crippen LogP contribution in [0.4, 0.5) is 4.79 Å². The van der Waals surface area contributed by atoms with Crippen LogP contribution in [0.1, 0.15) is 24.1 Å². The summed E-state index contributed by atoms with van der Waals surface area (Å²) >= 11 is 12.1. The van der Waals surface area contributed by atoms with Crippen molar-refractivity contribution in [3.05, 3.63) is 76.4 Å². The number of nitrogens with one attached hydrogen (secondary N) is 2. The van der Waals surface area contributed by atoms with Crippen molar-refractivity contribution in [2.24, 2.45) is 0 Å². The molecule has 2 amide bonds. The van der Waals surface area contributed by atoms with Crippen LogP contribution in [-0.4, -0.2) is 20.6 Å². The minimum absolute atomic E-state index is 0.249. The number of carbonyl (C=O) groups excluding carboxylic acids is 1. The molecular weight excluding hydrogens is 373 g/mol. The van der Waals surface area contributed by atoms with Gasteiger partial charge in [0.1, 0.15) is 12.1 Å². The van der Waals surface area contributed by atoms with Crippen LogP contribution in [0.3, 0.4) is 0 Å². The van der Waals surface area contributed by atoms with E-state index in [0.717, 1.165) is 16.9 Å². The maximum absolute atomic E-state index is 12.1. The van der Waals surface area contributed by atoms with E-state index in [9.17, 15) is 4.79 Å². The summed E-state index contributed by atoms with van der Waals surface area (Å²) in [5.74, 6) is 0.765. The molecule has 1 aromatic carbocycles. The van der Waals surface area contributed by atoms with Crippen LogP contribution in [0.25, 0.3) is 5.82 Å². The second kappa shape index (κ2) is 8.21. The predicted octanol–water partition coefficient (Wildman–Crippen LogP) is 4.13. The molecule has 3 rings (SSSR count). The maximum atomic E-state index is 12.1. The van der Waals surface area contributed by atoms with E-state index in [0.29, 0.717) is 16.6 Å². The van der Waals surface area contributed by atoms with Gasteiger partial charge in [-0.05, 0) is 36.2 Å². The number of halogens is 2. The first-order valence-electron chi connectivity index (χ1n) is 7.95. The zero-order chi connectivity index (χ0) is 18.5. The highest BCUT2D eigenvalue weighted by Crippen LogP contribution is 2.25. The Morgan fingerprint density at radius 3 is 2.77 bits per heavy atom. The van der Waals surface area contributed by atoms with Crippen molar-refractivity contribution in [2.75, 3.05) is 0 Å². The summed E-state index contributed by atoms with van der Waals surface area (Å²) in [6, 6.07) is 8.43. The molecule has 0 saturated carbocycles. The molecule has 0 fully saturated rings. The Labute approximate surface area is 161 Å². The van der Waals surface area contributed by atoms with Gasteiger partial charge in [-0.15, -0.1) is 0 Å². The van der Waals surface area contributed by atoms with Crippen molar-refractivity contribution in [3.8, 4) is 5.82 Å². The van der Waals surface area contributed by atoms with Crippen molar-refractivity contribution >= 4 is 29.2 Å². The molecule has 0 bridgehead atoms. The van der Waals surface area contributed by atoms with Crippen LogP contribution in [0.15, 0.2) is 55.2 Å². The Kier molecular flexibility index (Phi) is 5.75. The maximum Gasteiger partial charge on any atom is 0.315 e. The zero-order valence-corrected chi connectivity index (χ0v) is 15.5. The summed E-state index contributed by atoms with van der Waals surface area (Å²) in [6.07, 6.45) is 6.90. The van der Waals surface area contributed by atoms with E-state index >= 15 is 0 Å². The monoisotopic (exact) mass is 389 g/mol. The molecule has 0 saturated heterocycles. The first kappa shape index (κ1) is 18.2. The van der Waals surface area contributed by atoms with Gasteiger partial charge in [0.2, 0.25) is 0 Å². The molecular formula is C18H17Cl2N5O. The van der Waals surface area contributed by atoms with Gasteiger partial charge in [0.15, 0.2) is 0 Å². The van der Waals surface area contributed by atoms with Crippen molar-refractivity contribution in [1.82, 2.24) is 25.2 Å². The summed E-state index contributed by atoms with van der Waals surface area (Å²) in [4.78, 5) is 20.4. The second-order valence-corrected chi connectivity index (χ2v) is 6.55. The molecule has 2 heterocycles. The number of pyridine rings is 1. The van der Waals surface area contributed by atoms with Crippen molar-refractivity contribution in [1.29, 1.82) is 0 Å². The van der Waals surface area contributed by atoms with Crippen molar-refractivity contribution in [2.45, 2.75) is 19.5 Å². The standard InChI is InChI=1S/C18H17Cl2N5O/c1-12(15-4-3-14(19)8-16(15)20)24-18(26)23-10-13-2-5-17(22-9-13)25-7-6-21-11-25/h2-9,11-12H,10H2,1H3,(H2,23,24,26). The fourth-order valence-corrected chi connectivity index (χ4v) is 3.00. The van der Waals surface area contributed by atoms with E-state index in [1.807, 2.05) is 25.3 Å². The number of amides is 2. The molecule has 3 aromatic rings. The molecule has 8 heteroatoms. The highest BCUT2D eigenvalue weighted by atomic mass is 35.5. The molecule has 1 unspecified atom stereocenters. The highest BCUT2D eigenvalue weighted by molar-refractivity contribution is 6.35. The molecule has 6 nitrogen and oxygen atoms in total. The van der Waals surface area contributed by atoms with Gasteiger partial charge >= 0.3 is 6.03 Å². The zero-order valence-electron chi connectivity index (χ0n) is 14.0. The summed E-state index contributed by atoms with van der Waals surface area (Å²) in [5, 5.41) is 6.73. The van der Waals surface area contributed by atoms with Gasteiger partial charge in [-0.3, -0.25) is 4.57 Å². The molecule has 1 atom stereocenters. The molecule has 0 aliphatic heterocycles. The number of hydrogen-bond acceptors (Lipinski definition) is 3. The van der Waals surface area contributed by atoms with E-state index < -0.39 is 0 Å². The Bertz CT molecular complexity index is 881. The molecule has 0 radical (unpaired) electrons. The number of imidazole rings is 1. The van der Waals surface area contributed by atoms with Gasteiger partial charge < -0.3 is 10.6 Å². The average molecular weight is 390 g/mol.